The topological polar surface area (TPSA) is 383 Å². The summed E-state index contributed by atoms with van der Waals surface area (Å²) < 4.78 is 0. The Morgan fingerprint density at radius 1 is 0.694 bits per heavy atom. The van der Waals surface area contributed by atoms with Crippen molar-refractivity contribution in [3.05, 3.63) is 36.0 Å². The summed E-state index contributed by atoms with van der Waals surface area (Å²) in [7, 11) is 0. The second-order valence-electron chi connectivity index (χ2n) is 14.5. The van der Waals surface area contributed by atoms with Crippen molar-refractivity contribution >= 4 is 82.8 Å². The van der Waals surface area contributed by atoms with Gasteiger partial charge in [0.15, 0.2) is 0 Å². The number of nitrogens with one attached hydrogen (secondary N) is 8. The van der Waals surface area contributed by atoms with Crippen LogP contribution >= 0.6 is 12.6 Å². The minimum atomic E-state index is -1.78. The number of aliphatic carboxylic acids is 3. The van der Waals surface area contributed by atoms with Gasteiger partial charge in [0, 0.05) is 29.3 Å². The first-order valence-corrected chi connectivity index (χ1v) is 20.2. The fourth-order valence-corrected chi connectivity index (χ4v) is 6.15. The van der Waals surface area contributed by atoms with Gasteiger partial charge in [-0.25, -0.2) is 4.79 Å². The van der Waals surface area contributed by atoms with Crippen molar-refractivity contribution in [2.24, 2.45) is 17.4 Å². The molecule has 62 heavy (non-hydrogen) atoms. The lowest BCUT2D eigenvalue weighted by Gasteiger charge is -2.26. The number of hydrogen-bond donors (Lipinski definition) is 14. The van der Waals surface area contributed by atoms with Crippen molar-refractivity contribution in [3.8, 4) is 0 Å². The first kappa shape index (κ1) is 51.9. The number of rotatable bonds is 28. The highest BCUT2D eigenvalue weighted by Gasteiger charge is 2.32. The van der Waals surface area contributed by atoms with Gasteiger partial charge in [-0.1, -0.05) is 32.0 Å². The van der Waals surface area contributed by atoms with Gasteiger partial charge >= 0.3 is 17.9 Å². The van der Waals surface area contributed by atoms with Gasteiger partial charge in [-0.2, -0.15) is 12.6 Å². The second-order valence-corrected chi connectivity index (χ2v) is 14.9. The number of amides is 7. The number of H-pyrrole nitrogens is 1. The average molecular weight is 893 g/mol. The number of aromatic amines is 1. The number of carboxylic acid groups (broad SMARTS) is 3. The molecule has 0 aliphatic carbocycles. The van der Waals surface area contributed by atoms with Gasteiger partial charge in [0.1, 0.15) is 30.2 Å². The van der Waals surface area contributed by atoms with Crippen LogP contribution in [0.3, 0.4) is 0 Å². The Labute approximate surface area is 361 Å². The van der Waals surface area contributed by atoms with Gasteiger partial charge in [-0.3, -0.25) is 43.2 Å². The SMILES string of the molecule is CC(C)[C@H](NC(=O)[C@@H](N)Cc1c[nH]c2ccccc12)C(=O)N[C@@H](CS)C(=O)NCC(=O)N[C@@H](CCCCN)C(=O)N[C@@H](CC(=O)O)C(=O)NCC(=O)N[C@@H](CCC(=O)O)C(=O)O. The third kappa shape index (κ3) is 17.8. The molecule has 0 bridgehead atoms. The molecule has 342 valence electrons. The molecule has 1 heterocycles. The monoisotopic (exact) mass is 892 g/mol. The average Bonchev–Trinajstić information content (AvgIpc) is 3.62. The van der Waals surface area contributed by atoms with E-state index in [0.29, 0.717) is 12.8 Å². The Bertz CT molecular complexity index is 1930. The number of fused-ring (bicyclic) bond motifs is 1. The normalized spacial score (nSPS) is 13.9. The lowest BCUT2D eigenvalue weighted by molar-refractivity contribution is -0.143. The number of unbranched alkanes of at least 4 members (excludes halogenated alkanes) is 1. The molecule has 0 unspecified atom stereocenters. The molecule has 0 radical (unpaired) electrons. The zero-order chi connectivity index (χ0) is 46.5. The third-order valence-electron chi connectivity index (χ3n) is 9.25. The minimum Gasteiger partial charge on any atom is -0.481 e. The largest absolute Gasteiger partial charge is 0.481 e. The highest BCUT2D eigenvalue weighted by atomic mass is 32.1. The van der Waals surface area contributed by atoms with Crippen LogP contribution in [-0.2, 0) is 54.4 Å². The maximum Gasteiger partial charge on any atom is 0.326 e. The zero-order valence-corrected chi connectivity index (χ0v) is 35.1. The summed E-state index contributed by atoms with van der Waals surface area (Å²) in [5.41, 5.74) is 13.5. The number of carbonyl (C=O) groups is 10. The molecule has 0 spiro atoms. The molecule has 2 rings (SSSR count). The molecule has 2 aromatic rings. The molecule has 0 saturated carbocycles. The summed E-state index contributed by atoms with van der Waals surface area (Å²) in [6, 6.07) is -0.660. The van der Waals surface area contributed by atoms with E-state index in [-0.39, 0.29) is 25.1 Å². The van der Waals surface area contributed by atoms with E-state index in [1.54, 1.807) is 20.0 Å². The Balaban J connectivity index is 2.02. The van der Waals surface area contributed by atoms with Crippen LogP contribution in [0.25, 0.3) is 10.9 Å². The molecule has 0 saturated heterocycles. The summed E-state index contributed by atoms with van der Waals surface area (Å²) in [4.78, 5) is 128. The number of hydrogen-bond acceptors (Lipinski definition) is 13. The Morgan fingerprint density at radius 3 is 1.85 bits per heavy atom. The maximum atomic E-state index is 13.3. The number of aromatic nitrogens is 1. The van der Waals surface area contributed by atoms with Crippen LogP contribution in [0.15, 0.2) is 30.5 Å². The van der Waals surface area contributed by atoms with Gasteiger partial charge in [0.25, 0.3) is 0 Å². The van der Waals surface area contributed by atoms with Gasteiger partial charge in [-0.05, 0) is 56.2 Å². The summed E-state index contributed by atoms with van der Waals surface area (Å²) in [6.07, 6.45) is 0.588. The molecule has 1 aromatic heterocycles. The minimum absolute atomic E-state index is 0.0392. The predicted octanol–water partition coefficient (Wildman–Crippen LogP) is -3.17. The van der Waals surface area contributed by atoms with Crippen molar-refractivity contribution in [2.75, 3.05) is 25.4 Å². The second kappa shape index (κ2) is 26.2. The van der Waals surface area contributed by atoms with Crippen molar-refractivity contribution in [2.45, 2.75) is 95.0 Å². The van der Waals surface area contributed by atoms with E-state index in [2.05, 4.69) is 49.5 Å². The standard InChI is InChI=1S/C38H56N10O13S/c1-19(2)32(48-33(55)22(40)13-20-15-41-23-8-4-3-7-21(20)23)37(59)47-27(18-62)35(57)43-16-28(49)44-24(9-5-6-12-39)36(58)46-26(14-31(53)54)34(56)42-17-29(50)45-25(38(60)61)10-11-30(51)52/h3-4,7-8,15,19,22,24-27,32,41,62H,5-6,9-14,16-18,39-40H2,1-2H3,(H,42,56)(H,43,57)(H,44,49)(H,45,50)(H,46,58)(H,47,59)(H,48,55)(H,51,52)(H,53,54)(H,60,61)/t22-,24-,25-,26-,27-,32-/m0/s1. The van der Waals surface area contributed by atoms with Gasteiger partial charge < -0.3 is 69.0 Å². The molecule has 23 nitrogen and oxygen atoms in total. The van der Waals surface area contributed by atoms with Crippen LogP contribution in [0.5, 0.6) is 0 Å². The molecule has 15 N–H and O–H groups in total. The van der Waals surface area contributed by atoms with E-state index in [1.807, 2.05) is 29.6 Å². The van der Waals surface area contributed by atoms with E-state index < -0.39 is 134 Å². The Morgan fingerprint density at radius 2 is 1.29 bits per heavy atom. The highest BCUT2D eigenvalue weighted by Crippen LogP contribution is 2.19. The molecule has 7 amide bonds. The summed E-state index contributed by atoms with van der Waals surface area (Å²) in [5.74, 6) is -11.3. The molecule has 6 atom stereocenters. The van der Waals surface area contributed by atoms with Crippen LogP contribution in [-0.4, -0.2) is 141 Å². The smallest absolute Gasteiger partial charge is 0.326 e. The van der Waals surface area contributed by atoms with E-state index in [4.69, 9.17) is 16.6 Å². The molecule has 24 heteroatoms. The summed E-state index contributed by atoms with van der Waals surface area (Å²) in [5, 5.41) is 44.6. The van der Waals surface area contributed by atoms with Crippen molar-refractivity contribution in [1.29, 1.82) is 0 Å². The van der Waals surface area contributed by atoms with E-state index >= 15 is 0 Å². The van der Waals surface area contributed by atoms with Gasteiger partial charge in [-0.15, -0.1) is 0 Å². The quantitative estimate of drug-likeness (QED) is 0.0296. The van der Waals surface area contributed by atoms with Crippen molar-refractivity contribution in [3.63, 3.8) is 0 Å². The number of nitrogens with two attached hydrogens (primary N) is 2. The van der Waals surface area contributed by atoms with Crippen LogP contribution in [0, 0.1) is 5.92 Å². The van der Waals surface area contributed by atoms with E-state index in [9.17, 15) is 58.2 Å². The number of carbonyl (C=O) groups excluding carboxylic acids is 7. The fourth-order valence-electron chi connectivity index (χ4n) is 5.90. The Kier molecular flexibility index (Phi) is 21.9. The predicted molar refractivity (Wildman–Crippen MR) is 224 cm³/mol. The number of benzene rings is 1. The van der Waals surface area contributed by atoms with Gasteiger partial charge in [0.2, 0.25) is 41.4 Å². The lowest BCUT2D eigenvalue weighted by atomic mass is 10.0. The highest BCUT2D eigenvalue weighted by molar-refractivity contribution is 7.80. The van der Waals surface area contributed by atoms with Gasteiger partial charge in [0.05, 0.1) is 25.6 Å². The van der Waals surface area contributed by atoms with E-state index in [0.717, 1.165) is 16.5 Å². The number of thiol groups is 1. The molecule has 0 fully saturated rings. The molecular formula is C38H56N10O13S. The fraction of sp³-hybridized carbons (Fsp3) is 0.526. The molecule has 1 aromatic carbocycles. The molecular weight excluding hydrogens is 837 g/mol. The Hall–Kier alpha value is -6.27. The van der Waals surface area contributed by atoms with Crippen LogP contribution in [0.2, 0.25) is 0 Å². The summed E-state index contributed by atoms with van der Waals surface area (Å²) >= 11 is 4.15. The van der Waals surface area contributed by atoms with Crippen LogP contribution in [0.4, 0.5) is 0 Å². The van der Waals surface area contributed by atoms with Crippen LogP contribution in [0.1, 0.15) is 57.9 Å². The maximum absolute atomic E-state index is 13.3. The summed E-state index contributed by atoms with van der Waals surface area (Å²) in [6.45, 7) is 2.01. The lowest BCUT2D eigenvalue weighted by Crippen LogP contribution is -2.58. The third-order valence-corrected chi connectivity index (χ3v) is 9.62. The molecule has 0 aliphatic heterocycles. The van der Waals surface area contributed by atoms with Crippen molar-refractivity contribution < 1.29 is 63.3 Å². The first-order chi connectivity index (χ1) is 29.3. The number of para-hydroxylation sites is 1. The zero-order valence-electron chi connectivity index (χ0n) is 34.2. The van der Waals surface area contributed by atoms with E-state index in [1.165, 1.54) is 0 Å². The van der Waals surface area contributed by atoms with Crippen LogP contribution < -0.4 is 48.7 Å². The first-order valence-electron chi connectivity index (χ1n) is 19.6. The van der Waals surface area contributed by atoms with Crippen molar-refractivity contribution in [1.82, 2.24) is 42.2 Å². The molecule has 0 aliphatic rings. The number of carboxylic acids is 3.